The predicted octanol–water partition coefficient (Wildman–Crippen LogP) is 0.0570. The molecule has 0 radical (unpaired) electrons. The number of carbonyl (C=O) groups is 2. The van der Waals surface area contributed by atoms with Crippen LogP contribution in [0.5, 0.6) is 0 Å². The molecule has 2 N–H and O–H groups in total. The number of carbonyl (C=O) groups excluding carboxylic acids is 2. The van der Waals surface area contributed by atoms with Gasteiger partial charge in [0.15, 0.2) is 0 Å². The Morgan fingerprint density at radius 1 is 1.44 bits per heavy atom. The molecule has 0 saturated carbocycles. The van der Waals surface area contributed by atoms with Gasteiger partial charge >= 0.3 is 5.97 Å². The maximum absolute atomic E-state index is 11.3. The lowest BCUT2D eigenvalue weighted by Gasteiger charge is -2.27. The zero-order valence-electron chi connectivity index (χ0n) is 9.57. The summed E-state index contributed by atoms with van der Waals surface area (Å²) in [6, 6.07) is 0. The Morgan fingerprint density at radius 3 is 2.56 bits per heavy atom. The van der Waals surface area contributed by atoms with Crippen LogP contribution in [0, 0.1) is 0 Å². The molecule has 1 rings (SSSR count). The molecule has 0 aromatic carbocycles. The van der Waals surface area contributed by atoms with Gasteiger partial charge < -0.3 is 15.4 Å². The second-order valence-electron chi connectivity index (χ2n) is 3.64. The number of ether oxygens (including phenoxy) is 1. The Hall–Kier alpha value is -1.36. The molecule has 1 amide bonds. The monoisotopic (exact) mass is 226 g/mol. The Morgan fingerprint density at radius 2 is 2.06 bits per heavy atom. The summed E-state index contributed by atoms with van der Waals surface area (Å²) in [6.07, 6.45) is 2.99. The third-order valence-electron chi connectivity index (χ3n) is 2.54. The van der Waals surface area contributed by atoms with Crippen molar-refractivity contribution in [3.05, 3.63) is 11.6 Å². The van der Waals surface area contributed by atoms with Crippen LogP contribution in [0.3, 0.4) is 0 Å². The van der Waals surface area contributed by atoms with Gasteiger partial charge in [0.05, 0.1) is 13.2 Å². The molecule has 16 heavy (non-hydrogen) atoms. The van der Waals surface area contributed by atoms with Gasteiger partial charge in [0.1, 0.15) is 0 Å². The van der Waals surface area contributed by atoms with Gasteiger partial charge in [-0.15, -0.1) is 0 Å². The average molecular weight is 226 g/mol. The van der Waals surface area contributed by atoms with E-state index in [4.69, 9.17) is 10.5 Å². The summed E-state index contributed by atoms with van der Waals surface area (Å²) < 4.78 is 4.82. The van der Waals surface area contributed by atoms with Crippen LogP contribution in [0.2, 0.25) is 0 Å². The fraction of sp³-hybridized carbons (Fsp3) is 0.636. The minimum atomic E-state index is -0.295. The van der Waals surface area contributed by atoms with Crippen LogP contribution in [-0.4, -0.2) is 43.0 Å². The number of likely N-dealkylation sites (tertiary alicyclic amines) is 1. The first-order valence-electron chi connectivity index (χ1n) is 5.51. The van der Waals surface area contributed by atoms with Crippen molar-refractivity contribution in [2.75, 3.05) is 26.2 Å². The molecule has 1 aliphatic rings. The summed E-state index contributed by atoms with van der Waals surface area (Å²) >= 11 is 0. The molecule has 0 spiro atoms. The van der Waals surface area contributed by atoms with Crippen molar-refractivity contribution >= 4 is 11.9 Å². The van der Waals surface area contributed by atoms with Crippen LogP contribution >= 0.6 is 0 Å². The molecule has 0 aromatic heterocycles. The van der Waals surface area contributed by atoms with E-state index < -0.39 is 0 Å². The highest BCUT2D eigenvalue weighted by atomic mass is 16.5. The number of rotatable bonds is 3. The molecule has 5 heteroatoms. The third kappa shape index (κ3) is 3.66. The van der Waals surface area contributed by atoms with Gasteiger partial charge in [0.2, 0.25) is 5.91 Å². The Labute approximate surface area is 95.2 Å². The minimum absolute atomic E-state index is 0.0322. The number of nitrogens with two attached hydrogens (primary N) is 1. The Balaban J connectivity index is 2.42. The standard InChI is InChI=1S/C11H18N2O3/c1-2-16-11(15)7-9-3-5-13(6-4-9)10(14)8-12/h7H,2-6,8,12H2,1H3. The molecule has 5 nitrogen and oxygen atoms in total. The van der Waals surface area contributed by atoms with Crippen molar-refractivity contribution in [2.45, 2.75) is 19.8 Å². The fourth-order valence-corrected chi connectivity index (χ4v) is 1.67. The Kier molecular flexibility index (Phi) is 4.98. The summed E-state index contributed by atoms with van der Waals surface area (Å²) in [5, 5.41) is 0. The van der Waals surface area contributed by atoms with Crippen LogP contribution in [-0.2, 0) is 14.3 Å². The normalized spacial score (nSPS) is 15.9. The average Bonchev–Trinajstić information content (AvgIpc) is 2.29. The van der Waals surface area contributed by atoms with Crippen molar-refractivity contribution in [2.24, 2.45) is 5.73 Å². The number of amides is 1. The molecule has 1 saturated heterocycles. The smallest absolute Gasteiger partial charge is 0.330 e. The Bertz CT molecular complexity index is 290. The van der Waals surface area contributed by atoms with Gasteiger partial charge in [-0.3, -0.25) is 4.79 Å². The van der Waals surface area contributed by atoms with Gasteiger partial charge in [0.25, 0.3) is 0 Å². The summed E-state index contributed by atoms with van der Waals surface area (Å²) in [6.45, 7) is 3.50. The molecule has 0 atom stereocenters. The SMILES string of the molecule is CCOC(=O)C=C1CCN(C(=O)CN)CC1. The van der Waals surface area contributed by atoms with Crippen molar-refractivity contribution in [3.8, 4) is 0 Å². The molecule has 1 heterocycles. The van der Waals surface area contributed by atoms with Crippen LogP contribution < -0.4 is 5.73 Å². The van der Waals surface area contributed by atoms with Gasteiger partial charge in [-0.25, -0.2) is 4.79 Å². The minimum Gasteiger partial charge on any atom is -0.463 e. The van der Waals surface area contributed by atoms with Crippen LogP contribution in [0.1, 0.15) is 19.8 Å². The number of piperidine rings is 1. The topological polar surface area (TPSA) is 72.6 Å². The van der Waals surface area contributed by atoms with E-state index in [1.165, 1.54) is 6.08 Å². The lowest BCUT2D eigenvalue weighted by Crippen LogP contribution is -2.40. The molecular formula is C11H18N2O3. The van der Waals surface area contributed by atoms with Crippen molar-refractivity contribution in [1.82, 2.24) is 4.90 Å². The second kappa shape index (κ2) is 6.27. The molecule has 90 valence electrons. The van der Waals surface area contributed by atoms with E-state index in [0.29, 0.717) is 19.7 Å². The number of esters is 1. The molecular weight excluding hydrogens is 208 g/mol. The zero-order chi connectivity index (χ0) is 12.0. The van der Waals surface area contributed by atoms with E-state index in [2.05, 4.69) is 0 Å². The third-order valence-corrected chi connectivity index (χ3v) is 2.54. The van der Waals surface area contributed by atoms with Gasteiger partial charge in [-0.1, -0.05) is 5.57 Å². The van der Waals surface area contributed by atoms with Crippen molar-refractivity contribution in [1.29, 1.82) is 0 Å². The largest absolute Gasteiger partial charge is 0.463 e. The van der Waals surface area contributed by atoms with E-state index in [9.17, 15) is 9.59 Å². The zero-order valence-corrected chi connectivity index (χ0v) is 9.57. The van der Waals surface area contributed by atoms with Crippen molar-refractivity contribution in [3.63, 3.8) is 0 Å². The lowest BCUT2D eigenvalue weighted by molar-refractivity contribution is -0.137. The summed E-state index contributed by atoms with van der Waals surface area (Å²) in [5.74, 6) is -0.328. The van der Waals surface area contributed by atoms with Gasteiger partial charge in [-0.05, 0) is 19.8 Å². The van der Waals surface area contributed by atoms with Crippen LogP contribution in [0.25, 0.3) is 0 Å². The van der Waals surface area contributed by atoms with Crippen LogP contribution in [0.15, 0.2) is 11.6 Å². The summed E-state index contributed by atoms with van der Waals surface area (Å²) in [4.78, 5) is 24.2. The first-order valence-corrected chi connectivity index (χ1v) is 5.51. The number of hydrogen-bond acceptors (Lipinski definition) is 4. The fourth-order valence-electron chi connectivity index (χ4n) is 1.67. The summed E-state index contributed by atoms with van der Waals surface area (Å²) in [5.41, 5.74) is 6.32. The molecule has 0 aliphatic carbocycles. The molecule has 0 unspecified atom stereocenters. The van der Waals surface area contributed by atoms with Gasteiger partial charge in [0, 0.05) is 19.2 Å². The van der Waals surface area contributed by atoms with E-state index in [0.717, 1.165) is 18.4 Å². The quantitative estimate of drug-likeness (QED) is 0.545. The highest BCUT2D eigenvalue weighted by molar-refractivity contribution is 5.83. The molecule has 0 aromatic rings. The predicted molar refractivity (Wildman–Crippen MR) is 59.6 cm³/mol. The van der Waals surface area contributed by atoms with E-state index in [1.807, 2.05) is 0 Å². The summed E-state index contributed by atoms with van der Waals surface area (Å²) in [7, 11) is 0. The highest BCUT2D eigenvalue weighted by Gasteiger charge is 2.18. The molecule has 1 fully saturated rings. The molecule has 1 aliphatic heterocycles. The number of nitrogens with zero attached hydrogens (tertiary/aromatic N) is 1. The highest BCUT2D eigenvalue weighted by Crippen LogP contribution is 2.15. The maximum atomic E-state index is 11.3. The van der Waals surface area contributed by atoms with Gasteiger partial charge in [-0.2, -0.15) is 0 Å². The first kappa shape index (κ1) is 12.7. The molecule has 0 bridgehead atoms. The number of hydrogen-bond donors (Lipinski definition) is 1. The second-order valence-corrected chi connectivity index (χ2v) is 3.64. The lowest BCUT2D eigenvalue weighted by atomic mass is 10.0. The van der Waals surface area contributed by atoms with E-state index in [-0.39, 0.29) is 18.4 Å². The van der Waals surface area contributed by atoms with E-state index in [1.54, 1.807) is 11.8 Å². The van der Waals surface area contributed by atoms with E-state index >= 15 is 0 Å². The van der Waals surface area contributed by atoms with Crippen LogP contribution in [0.4, 0.5) is 0 Å². The van der Waals surface area contributed by atoms with Crippen molar-refractivity contribution < 1.29 is 14.3 Å². The first-order chi connectivity index (χ1) is 7.67. The maximum Gasteiger partial charge on any atom is 0.330 e.